The molecule has 4 rings (SSSR count). The third-order valence-corrected chi connectivity index (χ3v) is 4.64. The molecule has 134 valence electrons. The van der Waals surface area contributed by atoms with Crippen LogP contribution in [0.15, 0.2) is 84.9 Å². The maximum Gasteiger partial charge on any atom is 0.342 e. The van der Waals surface area contributed by atoms with Crippen LogP contribution in [0, 0.1) is 0 Å². The molecule has 4 nitrogen and oxygen atoms in total. The summed E-state index contributed by atoms with van der Waals surface area (Å²) < 4.78 is 10.7. The van der Waals surface area contributed by atoms with Crippen LogP contribution in [0.25, 0.3) is 11.1 Å². The molecule has 0 spiro atoms. The largest absolute Gasteiger partial charge is 0.497 e. The fourth-order valence-electron chi connectivity index (χ4n) is 3.34. The van der Waals surface area contributed by atoms with Gasteiger partial charge in [0.25, 0.3) is 5.79 Å². The summed E-state index contributed by atoms with van der Waals surface area (Å²) in [5.41, 5.74) is 2.68. The third-order valence-electron chi connectivity index (χ3n) is 4.64. The first-order valence-electron chi connectivity index (χ1n) is 8.59. The van der Waals surface area contributed by atoms with Gasteiger partial charge in [-0.2, -0.15) is 0 Å². The van der Waals surface area contributed by atoms with E-state index in [0.717, 1.165) is 5.56 Å². The van der Waals surface area contributed by atoms with E-state index in [4.69, 9.17) is 9.47 Å². The molecule has 3 aromatic rings. The van der Waals surface area contributed by atoms with Crippen molar-refractivity contribution in [3.63, 3.8) is 0 Å². The Morgan fingerprint density at radius 1 is 0.815 bits per heavy atom. The van der Waals surface area contributed by atoms with Gasteiger partial charge in [0.15, 0.2) is 0 Å². The lowest BCUT2D eigenvalue weighted by molar-refractivity contribution is -0.178. The Kier molecular flexibility index (Phi) is 4.26. The maximum atomic E-state index is 12.8. The topological polar surface area (TPSA) is 55.8 Å². The van der Waals surface area contributed by atoms with Crippen molar-refractivity contribution in [2.75, 3.05) is 7.11 Å². The first-order chi connectivity index (χ1) is 13.1. The van der Waals surface area contributed by atoms with Gasteiger partial charge < -0.3 is 14.6 Å². The molecule has 1 unspecified atom stereocenters. The number of carbonyl (C=O) groups is 1. The lowest BCUT2D eigenvalue weighted by Gasteiger charge is -2.26. The Morgan fingerprint density at radius 3 is 1.93 bits per heavy atom. The number of methoxy groups -OCH3 is 1. The van der Waals surface area contributed by atoms with Gasteiger partial charge >= 0.3 is 5.97 Å². The van der Waals surface area contributed by atoms with Crippen LogP contribution in [0.5, 0.6) is 5.75 Å². The second-order valence-corrected chi connectivity index (χ2v) is 6.24. The predicted molar refractivity (Wildman–Crippen MR) is 103 cm³/mol. The molecule has 1 aliphatic heterocycles. The number of hydrogen-bond acceptors (Lipinski definition) is 4. The van der Waals surface area contributed by atoms with Crippen LogP contribution in [0.2, 0.25) is 0 Å². The number of benzene rings is 3. The van der Waals surface area contributed by atoms with E-state index >= 15 is 0 Å². The number of carbonyl (C=O) groups excluding carboxylic acids is 1. The highest BCUT2D eigenvalue weighted by molar-refractivity contribution is 6.28. The van der Waals surface area contributed by atoms with Crippen molar-refractivity contribution < 1.29 is 19.4 Å². The minimum Gasteiger partial charge on any atom is -0.497 e. The van der Waals surface area contributed by atoms with Gasteiger partial charge in [0, 0.05) is 5.56 Å². The Bertz CT molecular complexity index is 992. The summed E-state index contributed by atoms with van der Waals surface area (Å²) in [6.07, 6.45) is 0. The summed E-state index contributed by atoms with van der Waals surface area (Å²) in [6.45, 7) is 0. The number of rotatable bonds is 4. The van der Waals surface area contributed by atoms with Crippen molar-refractivity contribution in [1.82, 2.24) is 0 Å². The molecular weight excluding hydrogens is 340 g/mol. The normalized spacial score (nSPS) is 19.1. The van der Waals surface area contributed by atoms with Gasteiger partial charge in [-0.05, 0) is 35.4 Å². The molecule has 27 heavy (non-hydrogen) atoms. The highest BCUT2D eigenvalue weighted by atomic mass is 16.7. The SMILES string of the molecule is COc1ccc(C2(O)OC(=O)C(c3ccccc3)=C2c2ccccc2)cc1. The van der Waals surface area contributed by atoms with Crippen LogP contribution in [-0.4, -0.2) is 18.2 Å². The summed E-state index contributed by atoms with van der Waals surface area (Å²) in [6, 6.07) is 25.4. The second kappa shape index (κ2) is 6.74. The van der Waals surface area contributed by atoms with Crippen LogP contribution >= 0.6 is 0 Å². The first kappa shape index (κ1) is 17.1. The van der Waals surface area contributed by atoms with Crippen molar-refractivity contribution in [3.8, 4) is 5.75 Å². The number of hydrogen-bond donors (Lipinski definition) is 1. The van der Waals surface area contributed by atoms with Crippen LogP contribution in [0.1, 0.15) is 16.7 Å². The summed E-state index contributed by atoms with van der Waals surface area (Å²) in [7, 11) is 1.57. The maximum absolute atomic E-state index is 12.8. The third kappa shape index (κ3) is 2.90. The van der Waals surface area contributed by atoms with Crippen molar-refractivity contribution in [1.29, 1.82) is 0 Å². The Morgan fingerprint density at radius 2 is 1.37 bits per heavy atom. The summed E-state index contributed by atoms with van der Waals surface area (Å²) in [5, 5.41) is 11.5. The monoisotopic (exact) mass is 358 g/mol. The summed E-state index contributed by atoms with van der Waals surface area (Å²) >= 11 is 0. The molecule has 0 saturated carbocycles. The van der Waals surface area contributed by atoms with Gasteiger partial charge in [0.1, 0.15) is 5.75 Å². The van der Waals surface area contributed by atoms with Gasteiger partial charge in [0.2, 0.25) is 0 Å². The number of cyclic esters (lactones) is 1. The number of esters is 1. The lowest BCUT2D eigenvalue weighted by atomic mass is 9.87. The molecule has 4 heteroatoms. The molecule has 0 aromatic heterocycles. The van der Waals surface area contributed by atoms with Crippen molar-refractivity contribution in [2.45, 2.75) is 5.79 Å². The van der Waals surface area contributed by atoms with Gasteiger partial charge in [-0.25, -0.2) is 4.79 Å². The fraction of sp³-hybridized carbons (Fsp3) is 0.0870. The molecule has 0 bridgehead atoms. The first-order valence-corrected chi connectivity index (χ1v) is 8.59. The van der Waals surface area contributed by atoms with Crippen LogP contribution in [0.3, 0.4) is 0 Å². The van der Waals surface area contributed by atoms with Crippen molar-refractivity contribution in [3.05, 3.63) is 102 Å². The molecule has 1 atom stereocenters. The van der Waals surface area contributed by atoms with E-state index in [2.05, 4.69) is 0 Å². The predicted octanol–water partition coefficient (Wildman–Crippen LogP) is 4.01. The van der Waals surface area contributed by atoms with Gasteiger partial charge in [-0.3, -0.25) is 0 Å². The highest BCUT2D eigenvalue weighted by Gasteiger charge is 2.48. The quantitative estimate of drug-likeness (QED) is 0.716. The van der Waals surface area contributed by atoms with E-state index in [1.807, 2.05) is 60.7 Å². The zero-order chi connectivity index (χ0) is 18.9. The molecule has 3 aromatic carbocycles. The molecule has 1 heterocycles. The van der Waals surface area contributed by atoms with E-state index in [-0.39, 0.29) is 0 Å². The van der Waals surface area contributed by atoms with Gasteiger partial charge in [-0.15, -0.1) is 0 Å². The average molecular weight is 358 g/mol. The van der Waals surface area contributed by atoms with Crippen molar-refractivity contribution >= 4 is 17.1 Å². The zero-order valence-electron chi connectivity index (χ0n) is 14.8. The van der Waals surface area contributed by atoms with Gasteiger partial charge in [-0.1, -0.05) is 60.7 Å². The average Bonchev–Trinajstić information content (AvgIpc) is 3.00. The Labute approximate surface area is 157 Å². The lowest BCUT2D eigenvalue weighted by Crippen LogP contribution is -2.28. The standard InChI is InChI=1S/C23H18O4/c1-26-19-14-12-18(13-15-19)23(25)21(17-10-6-3-7-11-17)20(22(24)27-23)16-8-4-2-5-9-16/h2-15,25H,1H3. The van der Waals surface area contributed by atoms with Crippen LogP contribution < -0.4 is 4.74 Å². The fourth-order valence-corrected chi connectivity index (χ4v) is 3.34. The molecular formula is C23H18O4. The minimum absolute atomic E-state index is 0.361. The van der Waals surface area contributed by atoms with E-state index in [1.54, 1.807) is 31.4 Å². The molecule has 0 fully saturated rings. The highest BCUT2D eigenvalue weighted by Crippen LogP contribution is 2.48. The molecule has 0 aliphatic carbocycles. The Balaban J connectivity index is 1.96. The summed E-state index contributed by atoms with van der Waals surface area (Å²) in [4.78, 5) is 12.8. The molecule has 1 aliphatic rings. The molecule has 0 radical (unpaired) electrons. The smallest absolute Gasteiger partial charge is 0.342 e. The Hall–Kier alpha value is -3.37. The second-order valence-electron chi connectivity index (χ2n) is 6.24. The van der Waals surface area contributed by atoms with E-state index in [9.17, 15) is 9.90 Å². The van der Waals surface area contributed by atoms with Gasteiger partial charge in [0.05, 0.1) is 18.3 Å². The molecule has 0 saturated heterocycles. The van der Waals surface area contributed by atoms with Crippen LogP contribution in [-0.2, 0) is 15.3 Å². The summed E-state index contributed by atoms with van der Waals surface area (Å²) in [5.74, 6) is -1.78. The molecule has 0 amide bonds. The molecule has 1 N–H and O–H groups in total. The van der Waals surface area contributed by atoms with Crippen LogP contribution in [0.4, 0.5) is 0 Å². The van der Waals surface area contributed by atoms with Crippen molar-refractivity contribution in [2.24, 2.45) is 0 Å². The van der Waals surface area contributed by atoms with E-state index in [1.165, 1.54) is 0 Å². The zero-order valence-corrected chi connectivity index (χ0v) is 14.8. The van der Waals surface area contributed by atoms with E-state index in [0.29, 0.717) is 28.0 Å². The number of ether oxygens (including phenoxy) is 2. The van der Waals surface area contributed by atoms with E-state index < -0.39 is 11.8 Å². The minimum atomic E-state index is -1.88. The number of aliphatic hydroxyl groups is 1.